The van der Waals surface area contributed by atoms with Crippen molar-refractivity contribution in [1.29, 1.82) is 0 Å². The molecule has 0 amide bonds. The van der Waals surface area contributed by atoms with Crippen molar-refractivity contribution in [2.75, 3.05) is 25.1 Å². The highest BCUT2D eigenvalue weighted by atomic mass is 16.6. The van der Waals surface area contributed by atoms with Crippen LogP contribution in [-0.2, 0) is 25.5 Å². The van der Waals surface area contributed by atoms with Crippen LogP contribution in [0.2, 0.25) is 0 Å². The summed E-state index contributed by atoms with van der Waals surface area (Å²) in [6, 6.07) is 13.1. The smallest absolute Gasteiger partial charge is 0.321 e. The number of likely N-dealkylation sites (N-methyl/N-ethyl adjacent to an activating group) is 1. The summed E-state index contributed by atoms with van der Waals surface area (Å²) in [6.07, 6.45) is 1.94. The Morgan fingerprint density at radius 2 is 1.48 bits per heavy atom. The first-order valence-corrected chi connectivity index (χ1v) is 11.1. The summed E-state index contributed by atoms with van der Waals surface area (Å²) < 4.78 is 16.8. The maximum absolute atomic E-state index is 12.7. The standard InChI is InChI=1S/C26H36N2O5/c1-25(2,3)32-23(29)21(24(30)33-26(4,5)6)18-19-11-13-20(14-12-19)31-17-16-28(7)22-10-8-9-15-27-22/h8-15,21H,16-18H2,1-7H3. The van der Waals surface area contributed by atoms with E-state index >= 15 is 0 Å². The lowest BCUT2D eigenvalue weighted by molar-refractivity contribution is -0.174. The van der Waals surface area contributed by atoms with Gasteiger partial charge in [0.05, 0.1) is 6.54 Å². The second-order valence-electron chi connectivity index (χ2n) is 9.93. The van der Waals surface area contributed by atoms with E-state index in [9.17, 15) is 9.59 Å². The molecule has 0 N–H and O–H groups in total. The minimum Gasteiger partial charge on any atom is -0.492 e. The zero-order valence-electron chi connectivity index (χ0n) is 20.8. The van der Waals surface area contributed by atoms with Gasteiger partial charge < -0.3 is 19.1 Å². The Labute approximate surface area is 197 Å². The number of aromatic nitrogens is 1. The van der Waals surface area contributed by atoms with Gasteiger partial charge in [-0.2, -0.15) is 0 Å². The van der Waals surface area contributed by atoms with Crippen molar-refractivity contribution < 1.29 is 23.8 Å². The summed E-state index contributed by atoms with van der Waals surface area (Å²) in [5, 5.41) is 0. The second kappa shape index (κ2) is 11.2. The number of nitrogens with zero attached hydrogens (tertiary/aromatic N) is 2. The predicted octanol–water partition coefficient (Wildman–Crippen LogP) is 4.44. The van der Waals surface area contributed by atoms with Gasteiger partial charge in [-0.05, 0) is 77.8 Å². The van der Waals surface area contributed by atoms with Crippen LogP contribution in [0.15, 0.2) is 48.7 Å². The fourth-order valence-electron chi connectivity index (χ4n) is 2.96. The lowest BCUT2D eigenvalue weighted by atomic mass is 9.98. The van der Waals surface area contributed by atoms with Gasteiger partial charge in [0.15, 0.2) is 5.92 Å². The Hall–Kier alpha value is -3.09. The molecule has 0 unspecified atom stereocenters. The lowest BCUT2D eigenvalue weighted by Gasteiger charge is -2.26. The maximum Gasteiger partial charge on any atom is 0.321 e. The number of ether oxygens (including phenoxy) is 3. The van der Waals surface area contributed by atoms with E-state index in [4.69, 9.17) is 14.2 Å². The number of hydrogen-bond acceptors (Lipinski definition) is 7. The van der Waals surface area contributed by atoms with Gasteiger partial charge in [-0.1, -0.05) is 18.2 Å². The van der Waals surface area contributed by atoms with Crippen LogP contribution < -0.4 is 9.64 Å². The summed E-state index contributed by atoms with van der Waals surface area (Å²) in [5.41, 5.74) is -0.579. The van der Waals surface area contributed by atoms with Gasteiger partial charge in [-0.3, -0.25) is 9.59 Å². The third-order valence-corrected chi connectivity index (χ3v) is 4.48. The van der Waals surface area contributed by atoms with E-state index in [1.165, 1.54) is 0 Å². The fourth-order valence-corrected chi connectivity index (χ4v) is 2.96. The Kier molecular flexibility index (Phi) is 8.85. The zero-order valence-corrected chi connectivity index (χ0v) is 20.8. The summed E-state index contributed by atoms with van der Waals surface area (Å²) >= 11 is 0. The van der Waals surface area contributed by atoms with Gasteiger partial charge in [0.25, 0.3) is 0 Å². The van der Waals surface area contributed by atoms with Crippen molar-refractivity contribution in [3.8, 4) is 5.75 Å². The third kappa shape index (κ3) is 9.51. The number of pyridine rings is 1. The quantitative estimate of drug-likeness (QED) is 0.408. The van der Waals surface area contributed by atoms with Gasteiger partial charge in [-0.25, -0.2) is 4.98 Å². The first-order chi connectivity index (χ1) is 15.3. The van der Waals surface area contributed by atoms with E-state index in [0.29, 0.717) is 18.9 Å². The molecule has 180 valence electrons. The monoisotopic (exact) mass is 456 g/mol. The molecule has 7 heteroatoms. The minimum absolute atomic E-state index is 0.187. The van der Waals surface area contributed by atoms with Crippen molar-refractivity contribution in [2.24, 2.45) is 5.92 Å². The number of carbonyl (C=O) groups excluding carboxylic acids is 2. The molecular formula is C26H36N2O5. The first-order valence-electron chi connectivity index (χ1n) is 11.1. The summed E-state index contributed by atoms with van der Waals surface area (Å²) in [5.74, 6) is -0.627. The Morgan fingerprint density at radius 3 is 1.97 bits per heavy atom. The van der Waals surface area contributed by atoms with Gasteiger partial charge in [0.2, 0.25) is 0 Å². The van der Waals surface area contributed by atoms with Crippen molar-refractivity contribution in [1.82, 2.24) is 4.98 Å². The number of esters is 2. The molecule has 1 aromatic heterocycles. The molecule has 0 atom stereocenters. The second-order valence-corrected chi connectivity index (χ2v) is 9.93. The highest BCUT2D eigenvalue weighted by molar-refractivity contribution is 5.95. The largest absolute Gasteiger partial charge is 0.492 e. The maximum atomic E-state index is 12.7. The number of hydrogen-bond donors (Lipinski definition) is 0. The molecule has 0 aliphatic rings. The fraction of sp³-hybridized carbons (Fsp3) is 0.500. The average Bonchev–Trinajstić information content (AvgIpc) is 2.71. The van der Waals surface area contributed by atoms with Crippen LogP contribution in [0.25, 0.3) is 0 Å². The molecule has 0 fully saturated rings. The molecular weight excluding hydrogens is 420 g/mol. The van der Waals surface area contributed by atoms with Crippen LogP contribution in [0.5, 0.6) is 5.75 Å². The molecule has 33 heavy (non-hydrogen) atoms. The topological polar surface area (TPSA) is 78.0 Å². The van der Waals surface area contributed by atoms with E-state index in [0.717, 1.165) is 11.4 Å². The van der Waals surface area contributed by atoms with Crippen molar-refractivity contribution in [2.45, 2.75) is 59.2 Å². The van der Waals surface area contributed by atoms with Crippen LogP contribution >= 0.6 is 0 Å². The minimum atomic E-state index is -1.04. The van der Waals surface area contributed by atoms with E-state index in [1.54, 1.807) is 47.7 Å². The zero-order chi connectivity index (χ0) is 24.6. The highest BCUT2D eigenvalue weighted by Crippen LogP contribution is 2.21. The molecule has 0 aliphatic heterocycles. The number of rotatable bonds is 9. The lowest BCUT2D eigenvalue weighted by Crippen LogP contribution is -2.38. The molecule has 1 heterocycles. The Balaban J connectivity index is 1.99. The molecule has 1 aromatic carbocycles. The molecule has 0 saturated carbocycles. The summed E-state index contributed by atoms with van der Waals surface area (Å²) in [6.45, 7) is 11.8. The summed E-state index contributed by atoms with van der Waals surface area (Å²) in [7, 11) is 1.96. The molecule has 0 saturated heterocycles. The molecule has 7 nitrogen and oxygen atoms in total. The molecule has 0 bridgehead atoms. The molecule has 0 radical (unpaired) electrons. The van der Waals surface area contributed by atoms with Gasteiger partial charge >= 0.3 is 11.9 Å². The van der Waals surface area contributed by atoms with Crippen molar-refractivity contribution in [3.05, 3.63) is 54.2 Å². The van der Waals surface area contributed by atoms with Crippen LogP contribution in [0.3, 0.4) is 0 Å². The predicted molar refractivity (Wildman–Crippen MR) is 128 cm³/mol. The van der Waals surface area contributed by atoms with Crippen molar-refractivity contribution in [3.63, 3.8) is 0 Å². The molecule has 2 aromatic rings. The Morgan fingerprint density at radius 1 is 0.909 bits per heavy atom. The van der Waals surface area contributed by atoms with E-state index in [2.05, 4.69) is 4.98 Å². The SMILES string of the molecule is CN(CCOc1ccc(CC(C(=O)OC(C)(C)C)C(=O)OC(C)(C)C)cc1)c1ccccn1. The molecule has 2 rings (SSSR count). The van der Waals surface area contributed by atoms with Gasteiger partial charge in [0.1, 0.15) is 29.4 Å². The van der Waals surface area contributed by atoms with Gasteiger partial charge in [0, 0.05) is 13.2 Å². The van der Waals surface area contributed by atoms with E-state index in [1.807, 2.05) is 54.4 Å². The Bertz CT molecular complexity index is 871. The average molecular weight is 457 g/mol. The molecule has 0 spiro atoms. The summed E-state index contributed by atoms with van der Waals surface area (Å²) in [4.78, 5) is 31.8. The number of anilines is 1. The number of benzene rings is 1. The van der Waals surface area contributed by atoms with Crippen LogP contribution in [0.1, 0.15) is 47.1 Å². The van der Waals surface area contributed by atoms with Crippen LogP contribution in [-0.4, -0.2) is 48.3 Å². The third-order valence-electron chi connectivity index (χ3n) is 4.48. The first kappa shape index (κ1) is 26.2. The van der Waals surface area contributed by atoms with E-state index in [-0.39, 0.29) is 6.42 Å². The highest BCUT2D eigenvalue weighted by Gasteiger charge is 2.35. The normalized spacial score (nSPS) is 11.8. The van der Waals surface area contributed by atoms with Crippen LogP contribution in [0, 0.1) is 5.92 Å². The van der Waals surface area contributed by atoms with Crippen molar-refractivity contribution >= 4 is 17.8 Å². The van der Waals surface area contributed by atoms with Crippen LogP contribution in [0.4, 0.5) is 5.82 Å². The van der Waals surface area contributed by atoms with E-state index < -0.39 is 29.1 Å². The molecule has 0 aliphatic carbocycles. The number of carbonyl (C=O) groups is 2. The van der Waals surface area contributed by atoms with Gasteiger partial charge in [-0.15, -0.1) is 0 Å².